The minimum atomic E-state index is -2.80. The van der Waals surface area contributed by atoms with Crippen LogP contribution in [0, 0.1) is 0 Å². The average molecular weight is 758 g/mol. The quantitative estimate of drug-likeness (QED) is 0.0555. The Bertz CT molecular complexity index is 1930. The van der Waals surface area contributed by atoms with Crippen molar-refractivity contribution in [3.8, 4) is 5.75 Å². The first-order valence-corrected chi connectivity index (χ1v) is 17.3. The predicted octanol–water partition coefficient (Wildman–Crippen LogP) is 0.753. The summed E-state index contributed by atoms with van der Waals surface area (Å²) in [4.78, 5) is 94.3. The molecule has 16 nitrogen and oxygen atoms in total. The third kappa shape index (κ3) is 11.5. The summed E-state index contributed by atoms with van der Waals surface area (Å²) in [5.74, 6) is -7.13. The highest BCUT2D eigenvalue weighted by molar-refractivity contribution is 7.10. The second kappa shape index (κ2) is 18.8. The molecule has 0 aliphatic heterocycles. The summed E-state index contributed by atoms with van der Waals surface area (Å²) in [6.07, 6.45) is -1.60. The number of hydrazine groups is 1. The molecule has 0 radical (unpaired) electrons. The molecule has 9 N–H and O–H groups in total. The van der Waals surface area contributed by atoms with E-state index in [1.807, 2.05) is 0 Å². The first-order valence-electron chi connectivity index (χ1n) is 16.4. The molecule has 0 saturated carbocycles. The van der Waals surface area contributed by atoms with Crippen molar-refractivity contribution >= 4 is 52.7 Å². The van der Waals surface area contributed by atoms with Gasteiger partial charge in [-0.1, -0.05) is 72.8 Å². The molecule has 3 atom stereocenters. The molecular weight excluding hydrogens is 719 g/mol. The molecule has 0 aliphatic carbocycles. The van der Waals surface area contributed by atoms with Crippen LogP contribution in [0.2, 0.25) is 0 Å². The maximum absolute atomic E-state index is 14.5. The SMILES string of the molecule is CC(=O)NC(CC(N)(NC(=O)Cc1cccs1)C(=O)O)C(NC(=O)Cc1ccccc1)(NC(=O)c1ccccc1)C(=O)NNC(=O)COc1ccccc1. The summed E-state index contributed by atoms with van der Waals surface area (Å²) in [6, 6.07) is 25.5. The number of thiophene rings is 1. The van der Waals surface area contributed by atoms with Crippen LogP contribution in [0.5, 0.6) is 5.75 Å². The molecule has 0 spiro atoms. The van der Waals surface area contributed by atoms with Crippen LogP contribution in [0.25, 0.3) is 0 Å². The molecule has 54 heavy (non-hydrogen) atoms. The summed E-state index contributed by atoms with van der Waals surface area (Å²) in [6.45, 7) is 0.460. The Hall–Kier alpha value is -6.59. The van der Waals surface area contributed by atoms with Crippen molar-refractivity contribution in [1.29, 1.82) is 0 Å². The summed E-state index contributed by atoms with van der Waals surface area (Å²) in [7, 11) is 0. The molecule has 6 amide bonds. The van der Waals surface area contributed by atoms with Gasteiger partial charge >= 0.3 is 5.97 Å². The number of carboxylic acids is 1. The van der Waals surface area contributed by atoms with Gasteiger partial charge < -0.3 is 31.1 Å². The fourth-order valence-electron chi connectivity index (χ4n) is 5.23. The lowest BCUT2D eigenvalue weighted by atomic mass is 9.88. The van der Waals surface area contributed by atoms with Gasteiger partial charge in [0, 0.05) is 23.8 Å². The molecule has 1 heterocycles. The first-order chi connectivity index (χ1) is 25.8. The number of carbonyl (C=O) groups is 7. The smallest absolute Gasteiger partial charge is 0.344 e. The van der Waals surface area contributed by atoms with Gasteiger partial charge in [0.05, 0.1) is 18.9 Å². The number of amides is 6. The highest BCUT2D eigenvalue weighted by atomic mass is 32.1. The molecular formula is C37H39N7O9S. The largest absolute Gasteiger partial charge is 0.484 e. The number of hydrogen-bond donors (Lipinski definition) is 8. The van der Waals surface area contributed by atoms with Gasteiger partial charge in [0.25, 0.3) is 17.7 Å². The number of rotatable bonds is 17. The molecule has 3 unspecified atom stereocenters. The van der Waals surface area contributed by atoms with Crippen LogP contribution in [0.15, 0.2) is 109 Å². The van der Waals surface area contributed by atoms with E-state index >= 15 is 0 Å². The predicted molar refractivity (Wildman–Crippen MR) is 196 cm³/mol. The van der Waals surface area contributed by atoms with E-state index in [4.69, 9.17) is 10.5 Å². The van der Waals surface area contributed by atoms with Crippen molar-refractivity contribution in [3.05, 3.63) is 125 Å². The number of aliphatic carboxylic acids is 1. The van der Waals surface area contributed by atoms with Crippen LogP contribution >= 0.6 is 11.3 Å². The standard InChI is InChI=1S/C37H39N7O9S/c1-24(45)39-29(22-36(38,35(51)52)40-31(47)21-28-18-11-19-54-28)37(42-33(49)26-14-7-3-8-15-26,41-30(46)20-25-12-5-2-6-13-25)34(50)44-43-32(48)23-53-27-16-9-4-10-17-27/h2-19,29H,20-23,38H2,1H3,(H,39,45)(H,40,47)(H,41,46)(H,42,49)(H,43,48)(H,44,50)(H,51,52). The van der Waals surface area contributed by atoms with Crippen LogP contribution in [0.3, 0.4) is 0 Å². The second-order valence-electron chi connectivity index (χ2n) is 12.0. The van der Waals surface area contributed by atoms with Gasteiger partial charge in [0.15, 0.2) is 12.3 Å². The van der Waals surface area contributed by atoms with Crippen molar-refractivity contribution in [2.24, 2.45) is 5.73 Å². The Morgan fingerprint density at radius 3 is 1.94 bits per heavy atom. The fourth-order valence-corrected chi connectivity index (χ4v) is 5.93. The Morgan fingerprint density at radius 1 is 0.741 bits per heavy atom. The minimum absolute atomic E-state index is 0.00430. The lowest BCUT2D eigenvalue weighted by Gasteiger charge is -2.43. The highest BCUT2D eigenvalue weighted by Gasteiger charge is 2.53. The van der Waals surface area contributed by atoms with Crippen molar-refractivity contribution in [1.82, 2.24) is 32.1 Å². The number of carbonyl (C=O) groups excluding carboxylic acids is 6. The van der Waals surface area contributed by atoms with Gasteiger partial charge in [-0.15, -0.1) is 11.3 Å². The van der Waals surface area contributed by atoms with E-state index in [1.165, 1.54) is 35.6 Å². The monoisotopic (exact) mass is 757 g/mol. The Morgan fingerprint density at radius 2 is 1.35 bits per heavy atom. The number of ether oxygens (including phenoxy) is 1. The van der Waals surface area contributed by atoms with Crippen LogP contribution in [0.1, 0.15) is 34.1 Å². The fraction of sp³-hybridized carbons (Fsp3) is 0.216. The van der Waals surface area contributed by atoms with Gasteiger partial charge in [-0.3, -0.25) is 45.4 Å². The average Bonchev–Trinajstić information content (AvgIpc) is 3.66. The topological polar surface area (TPSA) is 247 Å². The Labute approximate surface area is 313 Å². The van der Waals surface area contributed by atoms with E-state index in [0.29, 0.717) is 16.2 Å². The molecule has 3 aromatic carbocycles. The number of hydrogen-bond acceptors (Lipinski definition) is 10. The Kier molecular flexibility index (Phi) is 14.0. The summed E-state index contributed by atoms with van der Waals surface area (Å²) in [5.41, 5.74) is 5.62. The van der Waals surface area contributed by atoms with E-state index in [-0.39, 0.29) is 18.4 Å². The number of carboxylic acid groups (broad SMARTS) is 1. The molecule has 0 fully saturated rings. The zero-order valence-corrected chi connectivity index (χ0v) is 29.8. The van der Waals surface area contributed by atoms with Gasteiger partial charge in [0.1, 0.15) is 5.75 Å². The number of nitrogens with one attached hydrogen (secondary N) is 6. The normalized spacial score (nSPS) is 13.4. The van der Waals surface area contributed by atoms with Gasteiger partial charge in [0.2, 0.25) is 23.4 Å². The summed E-state index contributed by atoms with van der Waals surface area (Å²) < 4.78 is 5.42. The summed E-state index contributed by atoms with van der Waals surface area (Å²) in [5, 5.41) is 21.7. The van der Waals surface area contributed by atoms with E-state index in [1.54, 1.807) is 84.2 Å². The first kappa shape index (κ1) is 40.2. The van der Waals surface area contributed by atoms with Gasteiger partial charge in [-0.2, -0.15) is 0 Å². The zero-order chi connectivity index (χ0) is 39.1. The molecule has 17 heteroatoms. The van der Waals surface area contributed by atoms with Gasteiger partial charge in [-0.05, 0) is 41.3 Å². The molecule has 0 aliphatic rings. The lowest BCUT2D eigenvalue weighted by Crippen LogP contribution is -2.80. The highest BCUT2D eigenvalue weighted by Crippen LogP contribution is 2.21. The lowest BCUT2D eigenvalue weighted by molar-refractivity contribution is -0.149. The maximum Gasteiger partial charge on any atom is 0.344 e. The van der Waals surface area contributed by atoms with Crippen LogP contribution in [0.4, 0.5) is 0 Å². The Balaban J connectivity index is 1.77. The van der Waals surface area contributed by atoms with E-state index in [2.05, 4.69) is 32.1 Å². The number of nitrogens with two attached hydrogens (primary N) is 1. The molecule has 1 aromatic heterocycles. The third-order valence-electron chi connectivity index (χ3n) is 7.76. The van der Waals surface area contributed by atoms with E-state index in [9.17, 15) is 38.7 Å². The second-order valence-corrected chi connectivity index (χ2v) is 13.0. The van der Waals surface area contributed by atoms with Crippen molar-refractivity contribution in [2.45, 2.75) is 43.6 Å². The molecule has 4 aromatic rings. The minimum Gasteiger partial charge on any atom is -0.484 e. The molecule has 0 saturated heterocycles. The zero-order valence-electron chi connectivity index (χ0n) is 29.0. The van der Waals surface area contributed by atoms with E-state index < -0.39 is 71.8 Å². The molecule has 4 rings (SSSR count). The van der Waals surface area contributed by atoms with Crippen molar-refractivity contribution < 1.29 is 43.4 Å². The van der Waals surface area contributed by atoms with Crippen molar-refractivity contribution in [2.75, 3.05) is 6.61 Å². The van der Waals surface area contributed by atoms with E-state index in [0.717, 1.165) is 6.92 Å². The van der Waals surface area contributed by atoms with Crippen LogP contribution in [-0.4, -0.2) is 70.5 Å². The third-order valence-corrected chi connectivity index (χ3v) is 8.64. The molecule has 0 bridgehead atoms. The maximum atomic E-state index is 14.5. The van der Waals surface area contributed by atoms with Crippen molar-refractivity contribution in [3.63, 3.8) is 0 Å². The van der Waals surface area contributed by atoms with Gasteiger partial charge in [-0.25, -0.2) is 4.79 Å². The van der Waals surface area contributed by atoms with Crippen LogP contribution < -0.4 is 42.6 Å². The number of benzene rings is 3. The number of para-hydroxylation sites is 1. The van der Waals surface area contributed by atoms with Crippen LogP contribution in [-0.2, 0) is 41.6 Å². The summed E-state index contributed by atoms with van der Waals surface area (Å²) >= 11 is 1.24. The molecule has 282 valence electrons.